The van der Waals surface area contributed by atoms with Crippen molar-refractivity contribution >= 4 is 29.9 Å². The third kappa shape index (κ3) is 6.19. The van der Waals surface area contributed by atoms with Gasteiger partial charge >= 0.3 is 0 Å². The normalized spacial score (nSPS) is 15.2. The predicted octanol–water partition coefficient (Wildman–Crippen LogP) is 1.75. The molecule has 0 amide bonds. The second-order valence-electron chi connectivity index (χ2n) is 6.56. The van der Waals surface area contributed by atoms with E-state index in [0.717, 1.165) is 43.5 Å². The van der Waals surface area contributed by atoms with Crippen molar-refractivity contribution in [2.75, 3.05) is 27.2 Å². The van der Waals surface area contributed by atoms with Gasteiger partial charge in [-0.3, -0.25) is 4.99 Å². The largest absolute Gasteiger partial charge is 0.377 e. The van der Waals surface area contributed by atoms with Crippen LogP contribution in [0.25, 0.3) is 0 Å². The molecule has 0 radical (unpaired) electrons. The van der Waals surface area contributed by atoms with Crippen LogP contribution in [-0.2, 0) is 24.1 Å². The van der Waals surface area contributed by atoms with Crippen LogP contribution in [0, 0.1) is 0 Å². The van der Waals surface area contributed by atoms with Gasteiger partial charge in [0.25, 0.3) is 0 Å². The lowest BCUT2D eigenvalue weighted by molar-refractivity contribution is 0.0268. The summed E-state index contributed by atoms with van der Waals surface area (Å²) >= 11 is 0. The number of aliphatic imine (C=N–C) groups is 1. The van der Waals surface area contributed by atoms with Gasteiger partial charge in [-0.15, -0.1) is 34.2 Å². The number of methoxy groups -OCH3 is 1. The number of aromatic nitrogens is 3. The van der Waals surface area contributed by atoms with Crippen LogP contribution in [0.4, 0.5) is 0 Å². The van der Waals surface area contributed by atoms with Crippen LogP contribution < -0.4 is 10.6 Å². The molecule has 1 aromatic heterocycles. The molecule has 0 bridgehead atoms. The summed E-state index contributed by atoms with van der Waals surface area (Å²) in [6.07, 6.45) is 5.63. The van der Waals surface area contributed by atoms with Crippen LogP contribution in [0.15, 0.2) is 4.99 Å². The van der Waals surface area contributed by atoms with Crippen molar-refractivity contribution in [3.05, 3.63) is 11.6 Å². The number of rotatable bonds is 6. The van der Waals surface area contributed by atoms with Gasteiger partial charge in [-0.05, 0) is 26.7 Å². The number of aryl methyl sites for hydroxylation is 1. The zero-order valence-corrected chi connectivity index (χ0v) is 17.6. The molecule has 0 spiro atoms. The highest BCUT2D eigenvalue weighted by molar-refractivity contribution is 14.0. The lowest BCUT2D eigenvalue weighted by Gasteiger charge is -2.24. The Hall–Kier alpha value is -0.900. The van der Waals surface area contributed by atoms with E-state index in [-0.39, 0.29) is 29.6 Å². The van der Waals surface area contributed by atoms with E-state index < -0.39 is 0 Å². The van der Waals surface area contributed by atoms with Crippen molar-refractivity contribution in [3.63, 3.8) is 0 Å². The van der Waals surface area contributed by atoms with E-state index in [0.29, 0.717) is 6.54 Å². The molecule has 0 saturated heterocycles. The molecule has 0 aliphatic carbocycles. The van der Waals surface area contributed by atoms with Crippen molar-refractivity contribution in [1.82, 2.24) is 25.4 Å². The van der Waals surface area contributed by atoms with E-state index in [4.69, 9.17) is 4.74 Å². The van der Waals surface area contributed by atoms with Crippen LogP contribution >= 0.6 is 24.0 Å². The fraction of sp³-hybridized carbons (Fsp3) is 0.812. The molecule has 0 saturated carbocycles. The number of hydrogen-bond donors (Lipinski definition) is 2. The Morgan fingerprint density at radius 3 is 2.75 bits per heavy atom. The molecule has 7 nitrogen and oxygen atoms in total. The standard InChI is InChI=1S/C16H30N6O.HI/c1-16(2,23-4)12-19-15(17-3)18-10-9-14-21-20-13-8-6-5-7-11-22(13)14;/h5-12H2,1-4H3,(H2,17,18,19);1H. The smallest absolute Gasteiger partial charge is 0.191 e. The van der Waals surface area contributed by atoms with Gasteiger partial charge in [-0.2, -0.15) is 0 Å². The van der Waals surface area contributed by atoms with E-state index in [1.807, 2.05) is 13.8 Å². The molecule has 0 atom stereocenters. The second-order valence-corrected chi connectivity index (χ2v) is 6.56. The predicted molar refractivity (Wildman–Crippen MR) is 107 cm³/mol. The number of hydrogen-bond acceptors (Lipinski definition) is 4. The first-order valence-corrected chi connectivity index (χ1v) is 8.46. The Labute approximate surface area is 162 Å². The Morgan fingerprint density at radius 2 is 2.04 bits per heavy atom. The summed E-state index contributed by atoms with van der Waals surface area (Å²) in [5, 5.41) is 15.3. The summed E-state index contributed by atoms with van der Waals surface area (Å²) in [5.74, 6) is 3.00. The number of halogens is 1. The topological polar surface area (TPSA) is 76.4 Å². The van der Waals surface area contributed by atoms with Crippen molar-refractivity contribution < 1.29 is 4.74 Å². The van der Waals surface area contributed by atoms with Gasteiger partial charge in [-0.1, -0.05) is 6.42 Å². The van der Waals surface area contributed by atoms with Crippen molar-refractivity contribution in [3.8, 4) is 0 Å². The van der Waals surface area contributed by atoms with Gasteiger partial charge in [0.05, 0.1) is 5.60 Å². The maximum absolute atomic E-state index is 5.40. The molecule has 24 heavy (non-hydrogen) atoms. The fourth-order valence-electron chi connectivity index (χ4n) is 2.61. The van der Waals surface area contributed by atoms with Crippen LogP contribution in [0.1, 0.15) is 44.8 Å². The minimum Gasteiger partial charge on any atom is -0.377 e. The van der Waals surface area contributed by atoms with Crippen LogP contribution in [0.3, 0.4) is 0 Å². The molecule has 1 aromatic rings. The third-order valence-electron chi connectivity index (χ3n) is 4.28. The van der Waals surface area contributed by atoms with Gasteiger partial charge in [0.1, 0.15) is 11.6 Å². The SMILES string of the molecule is CN=C(NCCc1nnc2n1CCCCC2)NCC(C)(C)OC.I. The molecule has 1 aliphatic heterocycles. The quantitative estimate of drug-likeness (QED) is 0.393. The molecule has 0 aromatic carbocycles. The van der Waals surface area contributed by atoms with Crippen molar-refractivity contribution in [2.24, 2.45) is 4.99 Å². The summed E-state index contributed by atoms with van der Waals surface area (Å²) in [5.41, 5.74) is -0.220. The Balaban J connectivity index is 0.00000288. The molecule has 1 aliphatic rings. The molecule has 2 N–H and O–H groups in total. The molecule has 0 unspecified atom stereocenters. The van der Waals surface area contributed by atoms with Gasteiger partial charge < -0.3 is 19.9 Å². The maximum atomic E-state index is 5.40. The molecule has 2 rings (SSSR count). The summed E-state index contributed by atoms with van der Waals surface area (Å²) in [6.45, 7) is 6.61. The van der Waals surface area contributed by atoms with Crippen LogP contribution in [0.2, 0.25) is 0 Å². The van der Waals surface area contributed by atoms with Crippen LogP contribution in [0.5, 0.6) is 0 Å². The van der Waals surface area contributed by atoms with E-state index in [9.17, 15) is 0 Å². The average molecular weight is 450 g/mol. The van der Waals surface area contributed by atoms with Gasteiger partial charge in [-0.25, -0.2) is 0 Å². The number of ether oxygens (including phenoxy) is 1. The maximum Gasteiger partial charge on any atom is 0.191 e. The molecular weight excluding hydrogens is 419 g/mol. The lowest BCUT2D eigenvalue weighted by Crippen LogP contribution is -2.45. The zero-order valence-electron chi connectivity index (χ0n) is 15.3. The number of guanidine groups is 1. The Morgan fingerprint density at radius 1 is 1.25 bits per heavy atom. The number of nitrogens with one attached hydrogen (secondary N) is 2. The average Bonchev–Trinajstić information content (AvgIpc) is 2.78. The van der Waals surface area contributed by atoms with E-state index in [2.05, 4.69) is 30.4 Å². The Kier molecular flexibility index (Phi) is 8.96. The fourth-order valence-corrected chi connectivity index (χ4v) is 2.61. The van der Waals surface area contributed by atoms with Gasteiger partial charge in [0.2, 0.25) is 0 Å². The lowest BCUT2D eigenvalue weighted by atomic mass is 10.1. The second kappa shape index (κ2) is 10.2. The first-order valence-electron chi connectivity index (χ1n) is 8.46. The highest BCUT2D eigenvalue weighted by Crippen LogP contribution is 2.14. The van der Waals surface area contributed by atoms with Gasteiger partial charge in [0, 0.05) is 46.6 Å². The highest BCUT2D eigenvalue weighted by atomic mass is 127. The molecule has 0 fully saturated rings. The molecule has 138 valence electrons. The summed E-state index contributed by atoms with van der Waals surface area (Å²) in [4.78, 5) is 4.24. The zero-order chi connectivity index (χ0) is 16.7. The molecule has 8 heteroatoms. The minimum absolute atomic E-state index is 0. The number of fused-ring (bicyclic) bond motifs is 1. The Bertz CT molecular complexity index is 529. The highest BCUT2D eigenvalue weighted by Gasteiger charge is 2.17. The first kappa shape index (κ1) is 21.1. The van der Waals surface area contributed by atoms with E-state index in [1.54, 1.807) is 14.2 Å². The first-order chi connectivity index (χ1) is 11.1. The van der Waals surface area contributed by atoms with Crippen molar-refractivity contribution in [2.45, 2.75) is 58.1 Å². The van der Waals surface area contributed by atoms with E-state index in [1.165, 1.54) is 19.3 Å². The molecular formula is C16H31IN6O. The monoisotopic (exact) mass is 450 g/mol. The summed E-state index contributed by atoms with van der Waals surface area (Å²) < 4.78 is 7.69. The van der Waals surface area contributed by atoms with Crippen LogP contribution in [-0.4, -0.2) is 53.6 Å². The van der Waals surface area contributed by atoms with Gasteiger partial charge in [0.15, 0.2) is 5.96 Å². The molecule has 2 heterocycles. The summed E-state index contributed by atoms with van der Waals surface area (Å²) in [7, 11) is 3.49. The van der Waals surface area contributed by atoms with E-state index >= 15 is 0 Å². The minimum atomic E-state index is -0.220. The third-order valence-corrected chi connectivity index (χ3v) is 4.28. The van der Waals surface area contributed by atoms with Crippen molar-refractivity contribution in [1.29, 1.82) is 0 Å². The summed E-state index contributed by atoms with van der Waals surface area (Å²) in [6, 6.07) is 0. The number of nitrogens with zero attached hydrogens (tertiary/aromatic N) is 4.